The van der Waals surface area contributed by atoms with Crippen molar-refractivity contribution in [2.75, 3.05) is 6.54 Å². The molecule has 0 aliphatic carbocycles. The Morgan fingerprint density at radius 2 is 2.10 bits per heavy atom. The molecule has 2 aliphatic rings. The molecule has 2 atom stereocenters. The van der Waals surface area contributed by atoms with Crippen LogP contribution in [0.1, 0.15) is 41.4 Å². The van der Waals surface area contributed by atoms with E-state index in [9.17, 15) is 14.4 Å². The minimum absolute atomic E-state index is 0.114. The molecule has 2 N–H and O–H groups in total. The number of para-hydroxylation sites is 1. The van der Waals surface area contributed by atoms with Crippen LogP contribution in [0.4, 0.5) is 0 Å². The van der Waals surface area contributed by atoms with Crippen LogP contribution in [0.15, 0.2) is 41.8 Å². The van der Waals surface area contributed by atoms with Gasteiger partial charge in [-0.05, 0) is 30.5 Å². The average molecular weight is 413 g/mol. The van der Waals surface area contributed by atoms with Crippen LogP contribution < -0.4 is 15.4 Å². The van der Waals surface area contributed by atoms with Gasteiger partial charge in [0.25, 0.3) is 5.91 Å². The molecular formula is C21H23N3O4S. The van der Waals surface area contributed by atoms with E-state index in [4.69, 9.17) is 4.74 Å². The zero-order chi connectivity index (χ0) is 20.4. The number of fused-ring (bicyclic) bond motifs is 1. The highest BCUT2D eigenvalue weighted by Gasteiger charge is 2.43. The van der Waals surface area contributed by atoms with Crippen LogP contribution in [0.2, 0.25) is 0 Å². The van der Waals surface area contributed by atoms with Crippen LogP contribution in [-0.4, -0.2) is 40.9 Å². The maximum atomic E-state index is 12.7. The predicted octanol–water partition coefficient (Wildman–Crippen LogP) is 2.28. The summed E-state index contributed by atoms with van der Waals surface area (Å²) in [6, 6.07) is 10.4. The maximum Gasteiger partial charge on any atom is 0.258 e. The van der Waals surface area contributed by atoms with E-state index in [1.54, 1.807) is 41.4 Å². The van der Waals surface area contributed by atoms with Crippen molar-refractivity contribution in [2.45, 2.75) is 44.5 Å². The Bertz CT molecular complexity index is 930. The molecule has 1 saturated heterocycles. The Morgan fingerprint density at radius 3 is 2.90 bits per heavy atom. The number of carbonyl (C=O) groups is 3. The number of hydrogen-bond donors (Lipinski definition) is 2. The third-order valence-corrected chi connectivity index (χ3v) is 6.34. The monoisotopic (exact) mass is 413 g/mol. The number of likely N-dealkylation sites (tertiary alicyclic amines) is 1. The summed E-state index contributed by atoms with van der Waals surface area (Å²) in [5, 5.41) is 7.79. The fourth-order valence-corrected chi connectivity index (χ4v) is 4.41. The van der Waals surface area contributed by atoms with Gasteiger partial charge in [-0.15, -0.1) is 11.3 Å². The summed E-state index contributed by atoms with van der Waals surface area (Å²) in [5.41, 5.74) is -0.435. The summed E-state index contributed by atoms with van der Waals surface area (Å²) in [6.45, 7) is 2.51. The van der Waals surface area contributed by atoms with Crippen molar-refractivity contribution >= 4 is 29.1 Å². The standard InChI is InChI=1S/C21H23N3O4S/c1-14(19(26)22-13-15-5-4-12-29-15)24-11-10-21(9-8-18(24)25)23-20(27)16-6-2-3-7-17(16)28-21/h2-7,12,14H,8-11,13H2,1H3,(H,22,26)(H,23,27). The molecule has 4 rings (SSSR count). The number of rotatable bonds is 4. The van der Waals surface area contributed by atoms with Gasteiger partial charge in [-0.1, -0.05) is 18.2 Å². The lowest BCUT2D eigenvalue weighted by Crippen LogP contribution is -2.56. The number of ether oxygens (including phenoxy) is 1. The third-order valence-electron chi connectivity index (χ3n) is 5.46. The third kappa shape index (κ3) is 3.98. The predicted molar refractivity (Wildman–Crippen MR) is 108 cm³/mol. The van der Waals surface area contributed by atoms with Gasteiger partial charge in [-0.3, -0.25) is 14.4 Å². The first-order valence-electron chi connectivity index (χ1n) is 9.67. The molecule has 2 unspecified atom stereocenters. The molecule has 0 saturated carbocycles. The first-order valence-corrected chi connectivity index (χ1v) is 10.6. The van der Waals surface area contributed by atoms with Gasteiger partial charge in [0, 0.05) is 30.7 Å². The summed E-state index contributed by atoms with van der Waals surface area (Å²) in [6.07, 6.45) is 0.984. The summed E-state index contributed by atoms with van der Waals surface area (Å²) in [4.78, 5) is 40.5. The molecule has 7 nitrogen and oxygen atoms in total. The molecule has 2 aromatic rings. The Hall–Kier alpha value is -2.87. The first kappa shape index (κ1) is 19.4. The van der Waals surface area contributed by atoms with E-state index >= 15 is 0 Å². The Morgan fingerprint density at radius 1 is 1.28 bits per heavy atom. The minimum atomic E-state index is -0.928. The van der Waals surface area contributed by atoms with E-state index in [1.165, 1.54) is 0 Å². The molecule has 3 amide bonds. The quantitative estimate of drug-likeness (QED) is 0.805. The summed E-state index contributed by atoms with van der Waals surface area (Å²) >= 11 is 1.57. The molecule has 1 spiro atoms. The van der Waals surface area contributed by atoms with Gasteiger partial charge >= 0.3 is 0 Å². The van der Waals surface area contributed by atoms with Crippen molar-refractivity contribution in [3.63, 3.8) is 0 Å². The number of benzene rings is 1. The van der Waals surface area contributed by atoms with Crippen LogP contribution in [0.3, 0.4) is 0 Å². The van der Waals surface area contributed by atoms with Crippen molar-refractivity contribution in [3.8, 4) is 5.75 Å². The van der Waals surface area contributed by atoms with Crippen LogP contribution in [0, 0.1) is 0 Å². The minimum Gasteiger partial charge on any atom is -0.467 e. The second-order valence-electron chi connectivity index (χ2n) is 7.36. The Labute approximate surface area is 173 Å². The highest BCUT2D eigenvalue weighted by molar-refractivity contribution is 7.09. The highest BCUT2D eigenvalue weighted by atomic mass is 32.1. The topological polar surface area (TPSA) is 87.7 Å². The molecule has 8 heteroatoms. The number of thiophene rings is 1. The maximum absolute atomic E-state index is 12.7. The zero-order valence-electron chi connectivity index (χ0n) is 16.1. The van der Waals surface area contributed by atoms with Crippen LogP contribution in [0.5, 0.6) is 5.75 Å². The average Bonchev–Trinajstić information content (AvgIpc) is 3.19. The Balaban J connectivity index is 1.43. The number of nitrogens with zero attached hydrogens (tertiary/aromatic N) is 1. The molecule has 3 heterocycles. The van der Waals surface area contributed by atoms with Crippen molar-refractivity contribution < 1.29 is 19.1 Å². The lowest BCUT2D eigenvalue weighted by atomic mass is 10.0. The van der Waals surface area contributed by atoms with Gasteiger partial charge in [0.15, 0.2) is 5.72 Å². The lowest BCUT2D eigenvalue weighted by Gasteiger charge is -2.38. The van der Waals surface area contributed by atoms with E-state index in [1.807, 2.05) is 23.6 Å². The van der Waals surface area contributed by atoms with Crippen LogP contribution >= 0.6 is 11.3 Å². The van der Waals surface area contributed by atoms with Crippen LogP contribution in [-0.2, 0) is 16.1 Å². The largest absolute Gasteiger partial charge is 0.467 e. The molecule has 1 aromatic carbocycles. The number of amides is 3. The van der Waals surface area contributed by atoms with Crippen molar-refractivity contribution in [2.24, 2.45) is 0 Å². The molecule has 29 heavy (non-hydrogen) atoms. The van der Waals surface area contributed by atoms with E-state index in [2.05, 4.69) is 10.6 Å². The fourth-order valence-electron chi connectivity index (χ4n) is 3.77. The second-order valence-corrected chi connectivity index (χ2v) is 8.39. The Kier molecular flexibility index (Phi) is 5.27. The van der Waals surface area contributed by atoms with Crippen molar-refractivity contribution in [3.05, 3.63) is 52.2 Å². The summed E-state index contributed by atoms with van der Waals surface area (Å²) in [7, 11) is 0. The van der Waals surface area contributed by atoms with Gasteiger partial charge in [0.05, 0.1) is 12.1 Å². The van der Waals surface area contributed by atoms with E-state index in [-0.39, 0.29) is 24.1 Å². The van der Waals surface area contributed by atoms with E-state index < -0.39 is 11.8 Å². The van der Waals surface area contributed by atoms with Crippen LogP contribution in [0.25, 0.3) is 0 Å². The fraction of sp³-hybridized carbons (Fsp3) is 0.381. The normalized spacial score (nSPS) is 22.3. The summed E-state index contributed by atoms with van der Waals surface area (Å²) in [5.74, 6) is 0.0207. The van der Waals surface area contributed by atoms with Crippen molar-refractivity contribution in [1.82, 2.24) is 15.5 Å². The number of nitrogens with one attached hydrogen (secondary N) is 2. The molecule has 152 valence electrons. The highest BCUT2D eigenvalue weighted by Crippen LogP contribution is 2.34. The lowest BCUT2D eigenvalue weighted by molar-refractivity contribution is -0.139. The van der Waals surface area contributed by atoms with E-state index in [0.29, 0.717) is 37.2 Å². The van der Waals surface area contributed by atoms with Gasteiger partial charge in [-0.2, -0.15) is 0 Å². The SMILES string of the molecule is CC(C(=O)NCc1cccs1)N1CCC2(CCC1=O)NC(=O)c1ccccc1O2. The molecule has 1 aromatic heterocycles. The van der Waals surface area contributed by atoms with Crippen molar-refractivity contribution in [1.29, 1.82) is 0 Å². The van der Waals surface area contributed by atoms with Gasteiger partial charge in [0.2, 0.25) is 11.8 Å². The van der Waals surface area contributed by atoms with Gasteiger partial charge in [0.1, 0.15) is 11.8 Å². The smallest absolute Gasteiger partial charge is 0.258 e. The summed E-state index contributed by atoms with van der Waals surface area (Å²) < 4.78 is 6.13. The molecule has 0 bridgehead atoms. The molecule has 1 fully saturated rings. The zero-order valence-corrected chi connectivity index (χ0v) is 17.0. The molecule has 2 aliphatic heterocycles. The van der Waals surface area contributed by atoms with Gasteiger partial charge < -0.3 is 20.3 Å². The number of carbonyl (C=O) groups excluding carboxylic acids is 3. The second kappa shape index (κ2) is 7.87. The number of hydrogen-bond acceptors (Lipinski definition) is 5. The molecular weight excluding hydrogens is 390 g/mol. The molecule has 0 radical (unpaired) electrons. The first-order chi connectivity index (χ1) is 14.0. The van der Waals surface area contributed by atoms with E-state index in [0.717, 1.165) is 4.88 Å². The van der Waals surface area contributed by atoms with Gasteiger partial charge in [-0.25, -0.2) is 0 Å².